The largest absolute Gasteiger partial charge is 0.462 e. The number of nitrogens with one attached hydrogen (secondary N) is 1. The van der Waals surface area contributed by atoms with Crippen molar-refractivity contribution in [3.8, 4) is 0 Å². The number of H-pyrrole nitrogens is 1. The standard InChI is InChI=1S/C18H17N3O4S/c1-3-25-18(24)14-9(2)13-16(23)20-12(21-17(13)26-14)8-10-5-4-6-11(7-10)15(19)22/h4-7H,3,8H2,1-2H3,(H2,19,22)(H,20,21,23). The van der Waals surface area contributed by atoms with Crippen molar-refractivity contribution >= 4 is 33.4 Å². The highest BCUT2D eigenvalue weighted by Gasteiger charge is 2.20. The molecule has 2 aromatic heterocycles. The minimum absolute atomic E-state index is 0.262. The van der Waals surface area contributed by atoms with Gasteiger partial charge in [-0.15, -0.1) is 11.3 Å². The first-order valence-electron chi connectivity index (χ1n) is 7.98. The maximum absolute atomic E-state index is 12.5. The fraction of sp³-hybridized carbons (Fsp3) is 0.222. The summed E-state index contributed by atoms with van der Waals surface area (Å²) < 4.78 is 5.03. The van der Waals surface area contributed by atoms with Gasteiger partial charge in [-0.2, -0.15) is 0 Å². The van der Waals surface area contributed by atoms with Crippen LogP contribution in [0.2, 0.25) is 0 Å². The molecule has 1 aromatic carbocycles. The van der Waals surface area contributed by atoms with E-state index in [1.807, 2.05) is 6.07 Å². The van der Waals surface area contributed by atoms with Gasteiger partial charge in [0.2, 0.25) is 5.91 Å². The van der Waals surface area contributed by atoms with Crippen LogP contribution in [0.15, 0.2) is 29.1 Å². The lowest BCUT2D eigenvalue weighted by Crippen LogP contribution is -2.13. The minimum Gasteiger partial charge on any atom is -0.462 e. The van der Waals surface area contributed by atoms with E-state index in [9.17, 15) is 14.4 Å². The summed E-state index contributed by atoms with van der Waals surface area (Å²) in [6.45, 7) is 3.69. The Morgan fingerprint density at radius 2 is 2.12 bits per heavy atom. The molecule has 3 N–H and O–H groups in total. The van der Waals surface area contributed by atoms with Crippen molar-refractivity contribution in [1.29, 1.82) is 0 Å². The fourth-order valence-electron chi connectivity index (χ4n) is 2.69. The van der Waals surface area contributed by atoms with Crippen molar-refractivity contribution in [1.82, 2.24) is 9.97 Å². The van der Waals surface area contributed by atoms with Crippen LogP contribution in [0.3, 0.4) is 0 Å². The smallest absolute Gasteiger partial charge is 0.348 e. The number of nitrogens with two attached hydrogens (primary N) is 1. The number of aromatic amines is 1. The van der Waals surface area contributed by atoms with Crippen molar-refractivity contribution in [3.63, 3.8) is 0 Å². The molecule has 3 aromatic rings. The molecule has 0 aliphatic rings. The maximum atomic E-state index is 12.5. The van der Waals surface area contributed by atoms with Crippen molar-refractivity contribution in [3.05, 3.63) is 62.0 Å². The summed E-state index contributed by atoms with van der Waals surface area (Å²) in [7, 11) is 0. The fourth-order valence-corrected chi connectivity index (χ4v) is 3.79. The molecule has 8 heteroatoms. The van der Waals surface area contributed by atoms with Gasteiger partial charge >= 0.3 is 5.97 Å². The summed E-state index contributed by atoms with van der Waals surface area (Å²) in [6, 6.07) is 6.83. The summed E-state index contributed by atoms with van der Waals surface area (Å²) in [4.78, 5) is 43.9. The minimum atomic E-state index is -0.517. The van der Waals surface area contributed by atoms with E-state index in [1.165, 1.54) is 0 Å². The molecule has 3 rings (SSSR count). The Hall–Kier alpha value is -3.00. The Kier molecular flexibility index (Phi) is 4.85. The Bertz CT molecular complexity index is 1070. The number of carbonyl (C=O) groups excluding carboxylic acids is 2. The number of carbonyl (C=O) groups is 2. The molecule has 0 saturated heterocycles. The van der Waals surface area contributed by atoms with Gasteiger partial charge in [0.1, 0.15) is 15.5 Å². The van der Waals surface area contributed by atoms with E-state index in [4.69, 9.17) is 10.5 Å². The van der Waals surface area contributed by atoms with Crippen LogP contribution in [0.4, 0.5) is 0 Å². The van der Waals surface area contributed by atoms with Crippen LogP contribution >= 0.6 is 11.3 Å². The van der Waals surface area contributed by atoms with Crippen molar-refractivity contribution in [2.24, 2.45) is 5.73 Å². The van der Waals surface area contributed by atoms with Crippen LogP contribution < -0.4 is 11.3 Å². The number of hydrogen-bond acceptors (Lipinski definition) is 6. The molecule has 0 aliphatic heterocycles. The second kappa shape index (κ2) is 7.09. The SMILES string of the molecule is CCOC(=O)c1sc2nc(Cc3cccc(C(N)=O)c3)[nH]c(=O)c2c1C. The molecule has 0 aliphatic carbocycles. The molecule has 134 valence electrons. The third-order valence-electron chi connectivity index (χ3n) is 3.89. The van der Waals surface area contributed by atoms with Gasteiger partial charge in [0, 0.05) is 12.0 Å². The first-order valence-corrected chi connectivity index (χ1v) is 8.80. The first kappa shape index (κ1) is 17.8. The third-order valence-corrected chi connectivity index (χ3v) is 5.06. The predicted molar refractivity (Wildman–Crippen MR) is 98.7 cm³/mol. The van der Waals surface area contributed by atoms with E-state index in [0.29, 0.717) is 38.5 Å². The topological polar surface area (TPSA) is 115 Å². The Balaban J connectivity index is 2.01. The maximum Gasteiger partial charge on any atom is 0.348 e. The number of benzene rings is 1. The van der Waals surface area contributed by atoms with Gasteiger partial charge < -0.3 is 15.5 Å². The van der Waals surface area contributed by atoms with Crippen LogP contribution in [-0.4, -0.2) is 28.5 Å². The molecule has 7 nitrogen and oxygen atoms in total. The lowest BCUT2D eigenvalue weighted by atomic mass is 10.1. The van der Waals surface area contributed by atoms with E-state index in [1.54, 1.807) is 32.0 Å². The van der Waals surface area contributed by atoms with Crippen LogP contribution in [0.25, 0.3) is 10.2 Å². The highest BCUT2D eigenvalue weighted by molar-refractivity contribution is 7.20. The number of primary amides is 1. The first-order chi connectivity index (χ1) is 12.4. The lowest BCUT2D eigenvalue weighted by molar-refractivity contribution is 0.0531. The third kappa shape index (κ3) is 3.36. The zero-order valence-corrected chi connectivity index (χ0v) is 15.1. The highest BCUT2D eigenvalue weighted by Crippen LogP contribution is 2.27. The van der Waals surface area contributed by atoms with Crippen LogP contribution in [0.1, 0.15) is 43.9 Å². The van der Waals surface area contributed by atoms with Crippen LogP contribution in [0.5, 0.6) is 0 Å². The van der Waals surface area contributed by atoms with E-state index in [2.05, 4.69) is 9.97 Å². The van der Waals surface area contributed by atoms with Crippen LogP contribution in [-0.2, 0) is 11.2 Å². The van der Waals surface area contributed by atoms with Gasteiger partial charge in [0.05, 0.1) is 12.0 Å². The zero-order chi connectivity index (χ0) is 18.8. The molecule has 1 amide bonds. The highest BCUT2D eigenvalue weighted by atomic mass is 32.1. The van der Waals surface area contributed by atoms with Crippen molar-refractivity contribution < 1.29 is 14.3 Å². The number of aryl methyl sites for hydroxylation is 1. The van der Waals surface area contributed by atoms with Gasteiger partial charge in [0.15, 0.2) is 0 Å². The zero-order valence-electron chi connectivity index (χ0n) is 14.3. The number of ether oxygens (including phenoxy) is 1. The second-order valence-corrected chi connectivity index (χ2v) is 6.71. The quantitative estimate of drug-likeness (QED) is 0.667. The number of hydrogen-bond donors (Lipinski definition) is 2. The molecule has 0 fully saturated rings. The molecule has 26 heavy (non-hydrogen) atoms. The molecule has 0 saturated carbocycles. The number of thiophene rings is 1. The molecular weight excluding hydrogens is 354 g/mol. The predicted octanol–water partition coefficient (Wildman–Crippen LogP) is 2.16. The number of fused-ring (bicyclic) bond motifs is 1. The number of rotatable bonds is 5. The van der Waals surface area contributed by atoms with Gasteiger partial charge in [0.25, 0.3) is 5.56 Å². The van der Waals surface area contributed by atoms with Crippen molar-refractivity contribution in [2.75, 3.05) is 6.61 Å². The molecule has 0 radical (unpaired) electrons. The molecule has 0 spiro atoms. The summed E-state index contributed by atoms with van der Waals surface area (Å²) in [5, 5.41) is 0.396. The summed E-state index contributed by atoms with van der Waals surface area (Å²) in [5.41, 5.74) is 6.74. The molecule has 0 unspecified atom stereocenters. The number of amides is 1. The Labute approximate surface area is 152 Å². The summed E-state index contributed by atoms with van der Waals surface area (Å²) in [6.07, 6.45) is 0.331. The molecular formula is C18H17N3O4S. The Morgan fingerprint density at radius 3 is 2.81 bits per heavy atom. The van der Waals surface area contributed by atoms with E-state index in [0.717, 1.165) is 16.9 Å². The summed E-state index contributed by atoms with van der Waals surface area (Å²) >= 11 is 1.14. The number of esters is 1. The number of aromatic nitrogens is 2. The molecule has 0 atom stereocenters. The number of nitrogens with zero attached hydrogens (tertiary/aromatic N) is 1. The van der Waals surface area contributed by atoms with Gasteiger partial charge in [-0.05, 0) is 37.1 Å². The Morgan fingerprint density at radius 1 is 1.35 bits per heavy atom. The summed E-state index contributed by atoms with van der Waals surface area (Å²) in [5.74, 6) is -0.527. The van der Waals surface area contributed by atoms with Gasteiger partial charge in [-0.1, -0.05) is 12.1 Å². The van der Waals surface area contributed by atoms with Crippen LogP contribution in [0, 0.1) is 6.92 Å². The van der Waals surface area contributed by atoms with E-state index < -0.39 is 11.9 Å². The van der Waals surface area contributed by atoms with E-state index >= 15 is 0 Å². The average Bonchev–Trinajstić information content (AvgIpc) is 2.92. The van der Waals surface area contributed by atoms with Gasteiger partial charge in [-0.25, -0.2) is 9.78 Å². The molecule has 0 bridgehead atoms. The lowest BCUT2D eigenvalue weighted by Gasteiger charge is -2.03. The van der Waals surface area contributed by atoms with Gasteiger partial charge in [-0.3, -0.25) is 9.59 Å². The van der Waals surface area contributed by atoms with E-state index in [-0.39, 0.29) is 12.2 Å². The monoisotopic (exact) mass is 371 g/mol. The second-order valence-electron chi connectivity index (χ2n) is 5.71. The van der Waals surface area contributed by atoms with Crippen molar-refractivity contribution in [2.45, 2.75) is 20.3 Å². The normalized spacial score (nSPS) is 10.8. The molecule has 2 heterocycles. The average molecular weight is 371 g/mol.